The molecule has 0 aliphatic rings. The molecule has 1 heterocycles. The molecule has 0 aliphatic heterocycles. The second-order valence-corrected chi connectivity index (χ2v) is 9.61. The largest absolute Gasteiger partial charge is 0.373 e. The van der Waals surface area contributed by atoms with Gasteiger partial charge in [0.25, 0.3) is 0 Å². The summed E-state index contributed by atoms with van der Waals surface area (Å²) >= 11 is 0. The third-order valence-corrected chi connectivity index (χ3v) is 6.16. The van der Waals surface area contributed by atoms with Gasteiger partial charge >= 0.3 is 0 Å². The molecule has 1 aromatic rings. The van der Waals surface area contributed by atoms with Crippen LogP contribution in [0.1, 0.15) is 92.8 Å². The quantitative estimate of drug-likeness (QED) is 0.540. The Labute approximate surface area is 171 Å². The number of hydrogen-bond donors (Lipinski definition) is 1. The Balaban J connectivity index is 2.88. The number of aromatic nitrogens is 3. The van der Waals surface area contributed by atoms with Crippen molar-refractivity contribution in [3.8, 4) is 0 Å². The van der Waals surface area contributed by atoms with Crippen LogP contribution in [0.5, 0.6) is 0 Å². The molecule has 2 unspecified atom stereocenters. The Morgan fingerprint density at radius 3 is 2.39 bits per heavy atom. The van der Waals surface area contributed by atoms with E-state index in [-0.39, 0.29) is 28.3 Å². The van der Waals surface area contributed by atoms with E-state index in [2.05, 4.69) is 50.2 Å². The number of rotatable bonds is 13. The van der Waals surface area contributed by atoms with Crippen molar-refractivity contribution in [3.05, 3.63) is 11.9 Å². The van der Waals surface area contributed by atoms with Crippen LogP contribution in [0.25, 0.3) is 0 Å². The molecular formula is C22H42N4O2. The molecule has 28 heavy (non-hydrogen) atoms. The van der Waals surface area contributed by atoms with E-state index in [0.717, 1.165) is 37.9 Å². The maximum Gasteiger partial charge on any atom is 0.135 e. The second kappa shape index (κ2) is 9.97. The van der Waals surface area contributed by atoms with Gasteiger partial charge in [0.2, 0.25) is 0 Å². The lowest BCUT2D eigenvalue weighted by molar-refractivity contribution is -0.125. The molecule has 0 amide bonds. The molecule has 0 radical (unpaired) electrons. The van der Waals surface area contributed by atoms with Crippen LogP contribution in [0.3, 0.4) is 0 Å². The standard InChI is InChI=1S/C22H42N4O2/c1-10-18(15-28-22(8,11-2)12-13-23-9)26-14-19(24-25-26)21(6,7)16-20(4,5)17(3)27/h14,18,23H,10-13,15-16H2,1-9H3. The van der Waals surface area contributed by atoms with Gasteiger partial charge in [-0.05, 0) is 53.1 Å². The van der Waals surface area contributed by atoms with E-state index in [4.69, 9.17) is 4.74 Å². The molecular weight excluding hydrogens is 352 g/mol. The molecule has 1 N–H and O–H groups in total. The summed E-state index contributed by atoms with van der Waals surface area (Å²) in [6.07, 6.45) is 5.64. The predicted molar refractivity (Wildman–Crippen MR) is 115 cm³/mol. The summed E-state index contributed by atoms with van der Waals surface area (Å²) < 4.78 is 8.26. The molecule has 1 aromatic heterocycles. The average Bonchev–Trinajstić information content (AvgIpc) is 3.10. The zero-order chi connectivity index (χ0) is 21.6. The normalized spacial score (nSPS) is 16.0. The average molecular weight is 395 g/mol. The molecule has 0 bridgehead atoms. The van der Waals surface area contributed by atoms with Crippen LogP contribution in [0.15, 0.2) is 6.20 Å². The predicted octanol–water partition coefficient (Wildman–Crippen LogP) is 4.31. The van der Waals surface area contributed by atoms with Crippen LogP contribution < -0.4 is 5.32 Å². The van der Waals surface area contributed by atoms with E-state index in [1.54, 1.807) is 6.92 Å². The highest BCUT2D eigenvalue weighted by atomic mass is 16.5. The van der Waals surface area contributed by atoms with Crippen LogP contribution >= 0.6 is 0 Å². The van der Waals surface area contributed by atoms with Crippen molar-refractivity contribution in [3.63, 3.8) is 0 Å². The molecule has 2 atom stereocenters. The minimum Gasteiger partial charge on any atom is -0.373 e. The second-order valence-electron chi connectivity index (χ2n) is 9.61. The summed E-state index contributed by atoms with van der Waals surface area (Å²) in [6, 6.07) is 0.151. The number of carbonyl (C=O) groups excluding carboxylic acids is 1. The summed E-state index contributed by atoms with van der Waals surface area (Å²) in [4.78, 5) is 12.0. The van der Waals surface area contributed by atoms with Gasteiger partial charge in [-0.3, -0.25) is 4.79 Å². The van der Waals surface area contributed by atoms with Gasteiger partial charge in [0.15, 0.2) is 0 Å². The van der Waals surface area contributed by atoms with E-state index < -0.39 is 0 Å². The Morgan fingerprint density at radius 1 is 1.25 bits per heavy atom. The first kappa shape index (κ1) is 24.8. The number of ether oxygens (including phenoxy) is 1. The fourth-order valence-corrected chi connectivity index (χ4v) is 3.50. The molecule has 0 saturated heterocycles. The number of hydrogen-bond acceptors (Lipinski definition) is 5. The number of ketones is 1. The van der Waals surface area contributed by atoms with Gasteiger partial charge in [-0.25, -0.2) is 4.68 Å². The summed E-state index contributed by atoms with van der Waals surface area (Å²) in [5.74, 6) is 0.202. The lowest BCUT2D eigenvalue weighted by Gasteiger charge is -2.32. The highest BCUT2D eigenvalue weighted by Crippen LogP contribution is 2.36. The summed E-state index contributed by atoms with van der Waals surface area (Å²) in [5.41, 5.74) is 0.187. The van der Waals surface area contributed by atoms with E-state index in [1.807, 2.05) is 31.8 Å². The first-order valence-corrected chi connectivity index (χ1v) is 10.6. The molecule has 0 aromatic carbocycles. The van der Waals surface area contributed by atoms with E-state index in [0.29, 0.717) is 6.61 Å². The van der Waals surface area contributed by atoms with Crippen molar-refractivity contribution in [1.29, 1.82) is 0 Å². The summed E-state index contributed by atoms with van der Waals surface area (Å²) in [5, 5.41) is 12.1. The van der Waals surface area contributed by atoms with Crippen molar-refractivity contribution >= 4 is 5.78 Å². The van der Waals surface area contributed by atoms with Crippen molar-refractivity contribution < 1.29 is 9.53 Å². The fourth-order valence-electron chi connectivity index (χ4n) is 3.50. The van der Waals surface area contributed by atoms with Crippen LogP contribution in [0.2, 0.25) is 0 Å². The van der Waals surface area contributed by atoms with E-state index in [1.165, 1.54) is 0 Å². The highest BCUT2D eigenvalue weighted by molar-refractivity contribution is 5.81. The zero-order valence-electron chi connectivity index (χ0n) is 19.6. The highest BCUT2D eigenvalue weighted by Gasteiger charge is 2.35. The number of nitrogens with zero attached hydrogens (tertiary/aromatic N) is 3. The van der Waals surface area contributed by atoms with Gasteiger partial charge in [0.1, 0.15) is 5.78 Å². The molecule has 1 rings (SSSR count). The molecule has 162 valence electrons. The van der Waals surface area contributed by atoms with Gasteiger partial charge in [-0.15, -0.1) is 5.10 Å². The monoisotopic (exact) mass is 394 g/mol. The Bertz CT molecular complexity index is 624. The van der Waals surface area contributed by atoms with Gasteiger partial charge in [0, 0.05) is 17.0 Å². The smallest absolute Gasteiger partial charge is 0.135 e. The first-order valence-electron chi connectivity index (χ1n) is 10.6. The number of nitrogens with one attached hydrogen (secondary N) is 1. The molecule has 0 fully saturated rings. The van der Waals surface area contributed by atoms with E-state index in [9.17, 15) is 4.79 Å². The maximum atomic E-state index is 12.0. The topological polar surface area (TPSA) is 69.0 Å². The van der Waals surface area contributed by atoms with Crippen LogP contribution in [-0.2, 0) is 14.9 Å². The van der Waals surface area contributed by atoms with Gasteiger partial charge in [-0.1, -0.05) is 46.8 Å². The molecule has 6 nitrogen and oxygen atoms in total. The van der Waals surface area contributed by atoms with Gasteiger partial charge in [0.05, 0.1) is 23.9 Å². The van der Waals surface area contributed by atoms with Crippen LogP contribution in [0, 0.1) is 5.41 Å². The summed E-state index contributed by atoms with van der Waals surface area (Å²) in [6.45, 7) is 18.0. The Kier molecular flexibility index (Phi) is 8.82. The number of Topliss-reactive ketones (excluding diaryl/α,β-unsaturated/α-hetero) is 1. The maximum absolute atomic E-state index is 12.0. The van der Waals surface area contributed by atoms with Crippen molar-refractivity contribution in [2.45, 2.75) is 98.1 Å². The third-order valence-electron chi connectivity index (χ3n) is 6.16. The third kappa shape index (κ3) is 6.66. The molecule has 0 saturated carbocycles. The minimum atomic E-state index is -0.378. The Morgan fingerprint density at radius 2 is 1.89 bits per heavy atom. The van der Waals surface area contributed by atoms with Gasteiger partial charge in [-0.2, -0.15) is 0 Å². The van der Waals surface area contributed by atoms with Crippen molar-refractivity contribution in [2.24, 2.45) is 5.41 Å². The van der Waals surface area contributed by atoms with Gasteiger partial charge < -0.3 is 10.1 Å². The molecule has 0 spiro atoms. The van der Waals surface area contributed by atoms with Crippen LogP contribution in [0.4, 0.5) is 0 Å². The zero-order valence-corrected chi connectivity index (χ0v) is 19.6. The fraction of sp³-hybridized carbons (Fsp3) is 0.864. The lowest BCUT2D eigenvalue weighted by atomic mass is 9.72. The Hall–Kier alpha value is -1.27. The minimum absolute atomic E-state index is 0.134. The SMILES string of the molecule is CCC(COC(C)(CC)CCNC)n1cc(C(C)(C)CC(C)(C)C(C)=O)nn1. The van der Waals surface area contributed by atoms with Crippen molar-refractivity contribution in [2.75, 3.05) is 20.2 Å². The summed E-state index contributed by atoms with van der Waals surface area (Å²) in [7, 11) is 1.97. The number of carbonyl (C=O) groups is 1. The van der Waals surface area contributed by atoms with Crippen LogP contribution in [-0.4, -0.2) is 46.6 Å². The van der Waals surface area contributed by atoms with E-state index >= 15 is 0 Å². The molecule has 6 heteroatoms. The van der Waals surface area contributed by atoms with Crippen molar-refractivity contribution in [1.82, 2.24) is 20.3 Å². The first-order chi connectivity index (χ1) is 12.9. The lowest BCUT2D eigenvalue weighted by Crippen LogP contribution is -2.34. The molecule has 0 aliphatic carbocycles.